The Kier molecular flexibility index (Phi) is 9.26. The number of amides is 1. The third kappa shape index (κ3) is 6.78. The van der Waals surface area contributed by atoms with E-state index in [0.717, 1.165) is 6.07 Å². The molecule has 3 aromatic rings. The molecule has 3 aromatic carbocycles. The molecule has 1 amide bonds. The van der Waals surface area contributed by atoms with Crippen LogP contribution in [0.3, 0.4) is 0 Å². The van der Waals surface area contributed by atoms with Crippen LogP contribution in [-0.2, 0) is 19.6 Å². The highest BCUT2D eigenvalue weighted by Gasteiger charge is 2.25. The molecule has 0 aromatic heterocycles. The lowest BCUT2D eigenvalue weighted by atomic mass is 10.2. The average molecular weight is 565 g/mol. The number of sulfonamides is 1. The number of carbonyl (C=O) groups excluding carboxylic acids is 2. The summed E-state index contributed by atoms with van der Waals surface area (Å²) in [6.07, 6.45) is 0. The molecule has 0 fully saturated rings. The Balaban J connectivity index is 1.79. The predicted molar refractivity (Wildman–Crippen MR) is 140 cm³/mol. The molecular weight excluding hydrogens is 540 g/mol. The van der Waals surface area contributed by atoms with Gasteiger partial charge in [0.15, 0.2) is 6.61 Å². The summed E-state index contributed by atoms with van der Waals surface area (Å²) in [5.41, 5.74) is 0.353. The van der Waals surface area contributed by atoms with E-state index in [2.05, 4.69) is 10.0 Å². The lowest BCUT2D eigenvalue weighted by molar-refractivity contribution is -0.119. The lowest BCUT2D eigenvalue weighted by Crippen LogP contribution is -2.21. The molecule has 0 bridgehead atoms. The topological polar surface area (TPSA) is 138 Å². The van der Waals surface area contributed by atoms with E-state index in [1.807, 2.05) is 0 Å². The fourth-order valence-electron chi connectivity index (χ4n) is 3.27. The first-order valence-corrected chi connectivity index (χ1v) is 12.7. The molecule has 0 unspecified atom stereocenters. The Labute approximate surface area is 224 Å². The van der Waals surface area contributed by atoms with Crippen molar-refractivity contribution in [2.75, 3.05) is 45.1 Å². The summed E-state index contributed by atoms with van der Waals surface area (Å²) >= 11 is 6.15. The summed E-state index contributed by atoms with van der Waals surface area (Å²) in [6, 6.07) is 13.0. The van der Waals surface area contributed by atoms with Gasteiger partial charge >= 0.3 is 5.97 Å². The zero-order valence-corrected chi connectivity index (χ0v) is 22.4. The molecule has 3 rings (SSSR count). The van der Waals surface area contributed by atoms with Crippen LogP contribution in [-0.4, -0.2) is 55.3 Å². The van der Waals surface area contributed by atoms with Crippen LogP contribution in [0, 0.1) is 0 Å². The molecule has 202 valence electrons. The summed E-state index contributed by atoms with van der Waals surface area (Å²) in [6.45, 7) is -0.607. The van der Waals surface area contributed by atoms with Crippen molar-refractivity contribution in [3.05, 3.63) is 65.2 Å². The fourth-order valence-corrected chi connectivity index (χ4v) is 4.76. The predicted octanol–water partition coefficient (Wildman–Crippen LogP) is 3.97. The highest BCUT2D eigenvalue weighted by molar-refractivity contribution is 7.92. The number of halogens is 1. The summed E-state index contributed by atoms with van der Waals surface area (Å²) in [7, 11) is 1.21. The maximum absolute atomic E-state index is 13.3. The van der Waals surface area contributed by atoms with Crippen LogP contribution in [0.1, 0.15) is 10.4 Å². The summed E-state index contributed by atoms with van der Waals surface area (Å²) < 4.78 is 54.6. The minimum Gasteiger partial charge on any atom is -0.497 e. The van der Waals surface area contributed by atoms with Crippen molar-refractivity contribution in [1.82, 2.24) is 0 Å². The van der Waals surface area contributed by atoms with Crippen LogP contribution in [0.2, 0.25) is 5.02 Å². The molecule has 0 spiro atoms. The molecule has 0 saturated heterocycles. The van der Waals surface area contributed by atoms with E-state index in [0.29, 0.717) is 11.4 Å². The van der Waals surface area contributed by atoms with Crippen molar-refractivity contribution in [1.29, 1.82) is 0 Å². The highest BCUT2D eigenvalue weighted by Crippen LogP contribution is 2.38. The number of hydrogen-bond acceptors (Lipinski definition) is 9. The molecule has 0 radical (unpaired) electrons. The molecule has 2 N–H and O–H groups in total. The number of nitrogens with one attached hydrogen (secondary N) is 2. The van der Waals surface area contributed by atoms with Crippen LogP contribution < -0.4 is 29.0 Å². The minimum atomic E-state index is -4.31. The van der Waals surface area contributed by atoms with E-state index in [1.165, 1.54) is 52.7 Å². The normalized spacial score (nSPS) is 10.8. The van der Waals surface area contributed by atoms with Gasteiger partial charge in [0.1, 0.15) is 27.9 Å². The third-order valence-corrected chi connectivity index (χ3v) is 6.78. The van der Waals surface area contributed by atoms with Gasteiger partial charge in [-0.15, -0.1) is 0 Å². The van der Waals surface area contributed by atoms with Gasteiger partial charge in [-0.2, -0.15) is 0 Å². The highest BCUT2D eigenvalue weighted by atomic mass is 35.5. The van der Waals surface area contributed by atoms with E-state index in [4.69, 9.17) is 35.3 Å². The monoisotopic (exact) mass is 564 g/mol. The van der Waals surface area contributed by atoms with E-state index >= 15 is 0 Å². The average Bonchev–Trinajstić information content (AvgIpc) is 2.91. The first-order chi connectivity index (χ1) is 18.1. The molecule has 0 aliphatic rings. The summed E-state index contributed by atoms with van der Waals surface area (Å²) in [5, 5.41) is 2.72. The van der Waals surface area contributed by atoms with Gasteiger partial charge in [-0.25, -0.2) is 13.2 Å². The van der Waals surface area contributed by atoms with Crippen LogP contribution in [0.25, 0.3) is 0 Å². The Bertz CT molecular complexity index is 1440. The second-order valence-corrected chi connectivity index (χ2v) is 9.57. The molecular formula is C25H25ClN2O9S. The second kappa shape index (κ2) is 12.4. The first-order valence-electron chi connectivity index (χ1n) is 10.8. The van der Waals surface area contributed by atoms with Crippen LogP contribution in [0.5, 0.6) is 23.0 Å². The van der Waals surface area contributed by atoms with E-state index in [-0.39, 0.29) is 38.4 Å². The summed E-state index contributed by atoms with van der Waals surface area (Å²) in [5.74, 6) is -0.595. The van der Waals surface area contributed by atoms with Gasteiger partial charge in [-0.05, 0) is 36.4 Å². The van der Waals surface area contributed by atoms with Crippen LogP contribution in [0.15, 0.2) is 59.5 Å². The number of anilines is 2. The van der Waals surface area contributed by atoms with Gasteiger partial charge in [0.2, 0.25) is 0 Å². The van der Waals surface area contributed by atoms with Crippen molar-refractivity contribution in [3.8, 4) is 23.0 Å². The van der Waals surface area contributed by atoms with Crippen molar-refractivity contribution < 1.29 is 41.7 Å². The van der Waals surface area contributed by atoms with Crippen molar-refractivity contribution in [3.63, 3.8) is 0 Å². The molecule has 0 aliphatic carbocycles. The van der Waals surface area contributed by atoms with Gasteiger partial charge in [0, 0.05) is 17.8 Å². The van der Waals surface area contributed by atoms with Crippen LogP contribution >= 0.6 is 11.6 Å². The number of benzene rings is 3. The molecule has 0 heterocycles. The second-order valence-electron chi connectivity index (χ2n) is 7.51. The van der Waals surface area contributed by atoms with E-state index in [1.54, 1.807) is 24.3 Å². The Morgan fingerprint density at radius 1 is 0.842 bits per heavy atom. The molecule has 0 aliphatic heterocycles. The number of rotatable bonds is 11. The van der Waals surface area contributed by atoms with Gasteiger partial charge in [-0.3, -0.25) is 9.52 Å². The van der Waals surface area contributed by atoms with Gasteiger partial charge in [0.25, 0.3) is 15.9 Å². The Hall–Kier alpha value is -4.16. The van der Waals surface area contributed by atoms with Crippen molar-refractivity contribution in [2.45, 2.75) is 4.90 Å². The number of ether oxygens (including phenoxy) is 5. The molecule has 0 saturated carbocycles. The van der Waals surface area contributed by atoms with Gasteiger partial charge in [0.05, 0.1) is 44.7 Å². The fraction of sp³-hybridized carbons (Fsp3) is 0.200. The van der Waals surface area contributed by atoms with Crippen molar-refractivity contribution >= 4 is 44.9 Å². The quantitative estimate of drug-likeness (QED) is 0.331. The number of carbonyl (C=O) groups is 2. The minimum absolute atomic E-state index is 0.0301. The molecule has 0 atom stereocenters. The smallest absolute Gasteiger partial charge is 0.338 e. The number of methoxy groups -OCH3 is 4. The van der Waals surface area contributed by atoms with Gasteiger partial charge < -0.3 is 29.0 Å². The first kappa shape index (κ1) is 28.4. The molecule has 38 heavy (non-hydrogen) atoms. The van der Waals surface area contributed by atoms with Crippen LogP contribution in [0.4, 0.5) is 11.4 Å². The number of esters is 1. The Morgan fingerprint density at radius 3 is 2.21 bits per heavy atom. The standard InChI is InChI=1S/C25H25ClN2O9S/c1-33-17-7-5-6-16(11-17)27-24(29)14-37-25(30)15-8-9-20(34-2)23(10-15)38(31,32)28-19-12-18(26)21(35-3)13-22(19)36-4/h5-13,28H,14H2,1-4H3,(H,27,29). The summed E-state index contributed by atoms with van der Waals surface area (Å²) in [4.78, 5) is 24.5. The lowest BCUT2D eigenvalue weighted by Gasteiger charge is -2.16. The van der Waals surface area contributed by atoms with Gasteiger partial charge in [-0.1, -0.05) is 17.7 Å². The Morgan fingerprint density at radius 2 is 1.55 bits per heavy atom. The largest absolute Gasteiger partial charge is 0.497 e. The van der Waals surface area contributed by atoms with Crippen molar-refractivity contribution in [2.24, 2.45) is 0 Å². The maximum atomic E-state index is 13.3. The zero-order valence-electron chi connectivity index (χ0n) is 20.9. The number of hydrogen-bond donors (Lipinski definition) is 2. The molecule has 13 heteroatoms. The SMILES string of the molecule is COc1cccc(NC(=O)COC(=O)c2ccc(OC)c(S(=O)(=O)Nc3cc(Cl)c(OC)cc3OC)c2)c1. The maximum Gasteiger partial charge on any atom is 0.338 e. The van der Waals surface area contributed by atoms with E-state index in [9.17, 15) is 18.0 Å². The molecule has 11 nitrogen and oxygen atoms in total. The zero-order chi connectivity index (χ0) is 27.9. The van der Waals surface area contributed by atoms with E-state index < -0.39 is 28.5 Å². The third-order valence-electron chi connectivity index (χ3n) is 5.09.